The Morgan fingerprint density at radius 1 is 1.60 bits per heavy atom. The molecule has 1 atom stereocenters. The minimum absolute atomic E-state index is 0.0769. The van der Waals surface area contributed by atoms with Crippen LogP contribution in [0.3, 0.4) is 0 Å². The van der Waals surface area contributed by atoms with Gasteiger partial charge in [-0.1, -0.05) is 6.92 Å². The Morgan fingerprint density at radius 3 is 2.85 bits per heavy atom. The van der Waals surface area contributed by atoms with Gasteiger partial charge in [0.05, 0.1) is 18.3 Å². The molecule has 1 aliphatic carbocycles. The first-order valence-corrected chi connectivity index (χ1v) is 7.94. The molecule has 20 heavy (non-hydrogen) atoms. The van der Waals surface area contributed by atoms with Gasteiger partial charge in [-0.2, -0.15) is 0 Å². The van der Waals surface area contributed by atoms with Crippen molar-refractivity contribution in [3.63, 3.8) is 0 Å². The van der Waals surface area contributed by atoms with Crippen LogP contribution in [0.2, 0.25) is 0 Å². The standard InChI is InChI=1S/C14H23N3O2S/c1-4-11-9(2)20-14(15-11)16-13(19)8-17(3)7-12(18)10-5-6-10/h10,12,18H,4-8H2,1-3H3,(H,15,16,19). The first-order valence-electron chi connectivity index (χ1n) is 7.12. The van der Waals surface area contributed by atoms with Crippen molar-refractivity contribution in [2.75, 3.05) is 25.5 Å². The van der Waals surface area contributed by atoms with E-state index in [1.165, 1.54) is 11.3 Å². The van der Waals surface area contributed by atoms with E-state index in [9.17, 15) is 9.90 Å². The number of nitrogens with one attached hydrogen (secondary N) is 1. The van der Waals surface area contributed by atoms with Crippen LogP contribution in [0.25, 0.3) is 0 Å². The van der Waals surface area contributed by atoms with Crippen LogP contribution in [-0.2, 0) is 11.2 Å². The number of aliphatic hydroxyl groups excluding tert-OH is 1. The molecule has 2 rings (SSSR count). The maximum absolute atomic E-state index is 11.9. The van der Waals surface area contributed by atoms with E-state index >= 15 is 0 Å². The lowest BCUT2D eigenvalue weighted by atomic mass is 10.2. The molecule has 0 bridgehead atoms. The van der Waals surface area contributed by atoms with Crippen LogP contribution in [-0.4, -0.2) is 47.1 Å². The summed E-state index contributed by atoms with van der Waals surface area (Å²) in [6.45, 7) is 4.91. The van der Waals surface area contributed by atoms with E-state index < -0.39 is 0 Å². The normalized spacial score (nSPS) is 16.4. The predicted octanol–water partition coefficient (Wildman–Crippen LogP) is 1.66. The fourth-order valence-electron chi connectivity index (χ4n) is 2.23. The summed E-state index contributed by atoms with van der Waals surface area (Å²) in [4.78, 5) is 19.3. The van der Waals surface area contributed by atoms with E-state index in [0.29, 0.717) is 17.6 Å². The van der Waals surface area contributed by atoms with E-state index in [4.69, 9.17) is 0 Å². The van der Waals surface area contributed by atoms with Crippen molar-refractivity contribution in [3.8, 4) is 0 Å². The molecule has 0 aromatic carbocycles. The van der Waals surface area contributed by atoms with Crippen LogP contribution in [0.4, 0.5) is 5.13 Å². The van der Waals surface area contributed by atoms with Crippen molar-refractivity contribution < 1.29 is 9.90 Å². The van der Waals surface area contributed by atoms with Crippen LogP contribution >= 0.6 is 11.3 Å². The Balaban J connectivity index is 1.78. The second kappa shape index (κ2) is 6.65. The number of aromatic nitrogens is 1. The van der Waals surface area contributed by atoms with E-state index in [2.05, 4.69) is 17.2 Å². The quantitative estimate of drug-likeness (QED) is 0.803. The van der Waals surface area contributed by atoms with Gasteiger partial charge in [-0.15, -0.1) is 11.3 Å². The topological polar surface area (TPSA) is 65.5 Å². The van der Waals surface area contributed by atoms with E-state index in [0.717, 1.165) is 29.8 Å². The summed E-state index contributed by atoms with van der Waals surface area (Å²) >= 11 is 1.51. The first-order chi connectivity index (χ1) is 9.49. The zero-order valence-corrected chi connectivity index (χ0v) is 13.2. The molecule has 1 fully saturated rings. The summed E-state index contributed by atoms with van der Waals surface area (Å²) in [5.74, 6) is 0.362. The fraction of sp³-hybridized carbons (Fsp3) is 0.714. The Morgan fingerprint density at radius 2 is 2.30 bits per heavy atom. The number of hydrogen-bond donors (Lipinski definition) is 2. The van der Waals surface area contributed by atoms with Crippen molar-refractivity contribution in [1.82, 2.24) is 9.88 Å². The lowest BCUT2D eigenvalue weighted by molar-refractivity contribution is -0.117. The van der Waals surface area contributed by atoms with Crippen molar-refractivity contribution in [2.45, 2.75) is 39.2 Å². The molecule has 1 aliphatic rings. The number of carbonyl (C=O) groups excluding carboxylic acids is 1. The smallest absolute Gasteiger partial charge is 0.240 e. The van der Waals surface area contributed by atoms with Crippen LogP contribution in [0.15, 0.2) is 0 Å². The van der Waals surface area contributed by atoms with Crippen LogP contribution in [0.5, 0.6) is 0 Å². The van der Waals surface area contributed by atoms with Gasteiger partial charge in [-0.3, -0.25) is 9.69 Å². The van der Waals surface area contributed by atoms with Crippen molar-refractivity contribution in [1.29, 1.82) is 0 Å². The average molecular weight is 297 g/mol. The SMILES string of the molecule is CCc1nc(NC(=O)CN(C)CC(O)C2CC2)sc1C. The molecule has 0 radical (unpaired) electrons. The summed E-state index contributed by atoms with van der Waals surface area (Å²) in [5, 5.41) is 13.3. The number of anilines is 1. The highest BCUT2D eigenvalue weighted by Crippen LogP contribution is 2.32. The molecule has 1 heterocycles. The van der Waals surface area contributed by atoms with Gasteiger partial charge in [-0.05, 0) is 39.2 Å². The molecule has 1 amide bonds. The van der Waals surface area contributed by atoms with Crippen molar-refractivity contribution in [3.05, 3.63) is 10.6 Å². The minimum atomic E-state index is -0.304. The van der Waals surface area contributed by atoms with Gasteiger partial charge >= 0.3 is 0 Å². The molecule has 5 nitrogen and oxygen atoms in total. The third-order valence-corrected chi connectivity index (χ3v) is 4.48. The first kappa shape index (κ1) is 15.4. The zero-order chi connectivity index (χ0) is 14.7. The number of aliphatic hydroxyl groups is 1. The maximum atomic E-state index is 11.9. The predicted molar refractivity (Wildman–Crippen MR) is 81.1 cm³/mol. The van der Waals surface area contributed by atoms with Gasteiger partial charge in [0.15, 0.2) is 5.13 Å². The molecule has 6 heteroatoms. The molecule has 2 N–H and O–H groups in total. The molecular weight excluding hydrogens is 274 g/mol. The van der Waals surface area contributed by atoms with Crippen LogP contribution < -0.4 is 5.32 Å². The lowest BCUT2D eigenvalue weighted by Gasteiger charge is -2.19. The lowest BCUT2D eigenvalue weighted by Crippen LogP contribution is -2.36. The van der Waals surface area contributed by atoms with E-state index in [-0.39, 0.29) is 18.6 Å². The van der Waals surface area contributed by atoms with Gasteiger partial charge in [0, 0.05) is 11.4 Å². The Bertz CT molecular complexity index is 471. The summed E-state index contributed by atoms with van der Waals surface area (Å²) in [5.41, 5.74) is 1.04. The van der Waals surface area contributed by atoms with E-state index in [1.54, 1.807) is 0 Å². The number of hydrogen-bond acceptors (Lipinski definition) is 5. The molecule has 1 aromatic rings. The van der Waals surface area contributed by atoms with Gasteiger partial charge < -0.3 is 10.4 Å². The van der Waals surface area contributed by atoms with Crippen LogP contribution in [0, 0.1) is 12.8 Å². The molecule has 1 aromatic heterocycles. The number of amides is 1. The second-order valence-electron chi connectivity index (χ2n) is 5.53. The number of aryl methyl sites for hydroxylation is 2. The average Bonchev–Trinajstić information content (AvgIpc) is 3.14. The monoisotopic (exact) mass is 297 g/mol. The summed E-state index contributed by atoms with van der Waals surface area (Å²) < 4.78 is 0. The molecule has 1 unspecified atom stereocenters. The minimum Gasteiger partial charge on any atom is -0.392 e. The highest BCUT2D eigenvalue weighted by molar-refractivity contribution is 7.15. The Kier molecular flexibility index (Phi) is 5.12. The maximum Gasteiger partial charge on any atom is 0.240 e. The van der Waals surface area contributed by atoms with Gasteiger partial charge in [0.2, 0.25) is 5.91 Å². The zero-order valence-electron chi connectivity index (χ0n) is 12.3. The summed E-state index contributed by atoms with van der Waals surface area (Å²) in [6, 6.07) is 0. The molecule has 0 aliphatic heterocycles. The van der Waals surface area contributed by atoms with Gasteiger partial charge in [0.1, 0.15) is 0 Å². The van der Waals surface area contributed by atoms with Crippen LogP contribution in [0.1, 0.15) is 30.3 Å². The number of likely N-dealkylation sites (N-methyl/N-ethyl adjacent to an activating group) is 1. The Hall–Kier alpha value is -0.980. The summed E-state index contributed by atoms with van der Waals surface area (Å²) in [6.07, 6.45) is 2.80. The largest absolute Gasteiger partial charge is 0.392 e. The molecule has 0 saturated heterocycles. The fourth-order valence-corrected chi connectivity index (χ4v) is 3.15. The molecule has 0 spiro atoms. The Labute approximate surface area is 124 Å². The van der Waals surface area contributed by atoms with Gasteiger partial charge in [0.25, 0.3) is 0 Å². The number of thiazole rings is 1. The molecule has 112 valence electrons. The number of rotatable bonds is 7. The third kappa shape index (κ3) is 4.26. The van der Waals surface area contributed by atoms with Crippen molar-refractivity contribution in [2.24, 2.45) is 5.92 Å². The van der Waals surface area contributed by atoms with Gasteiger partial charge in [-0.25, -0.2) is 4.98 Å². The summed E-state index contributed by atoms with van der Waals surface area (Å²) in [7, 11) is 1.86. The number of nitrogens with zero attached hydrogens (tertiary/aromatic N) is 2. The highest BCUT2D eigenvalue weighted by atomic mass is 32.1. The number of carbonyl (C=O) groups is 1. The highest BCUT2D eigenvalue weighted by Gasteiger charge is 2.30. The van der Waals surface area contributed by atoms with E-state index in [1.807, 2.05) is 18.9 Å². The third-order valence-electron chi connectivity index (χ3n) is 3.55. The molecule has 1 saturated carbocycles. The second-order valence-corrected chi connectivity index (χ2v) is 6.73. The molecular formula is C14H23N3O2S. The van der Waals surface area contributed by atoms with Crippen molar-refractivity contribution >= 4 is 22.4 Å².